The molecule has 2 aromatic carbocycles. The number of fused-ring (bicyclic) bond motifs is 1. The molecule has 1 N–H and O–H groups in total. The number of anilines is 1. The van der Waals surface area contributed by atoms with E-state index in [1.807, 2.05) is 37.3 Å². The van der Waals surface area contributed by atoms with Crippen molar-refractivity contribution in [2.45, 2.75) is 13.5 Å². The smallest absolute Gasteiger partial charge is 0.0936 e. The molecule has 0 unspecified atom stereocenters. The Labute approximate surface area is 137 Å². The van der Waals surface area contributed by atoms with Crippen molar-refractivity contribution in [3.63, 3.8) is 0 Å². The van der Waals surface area contributed by atoms with Gasteiger partial charge in [-0.25, -0.2) is 0 Å². The summed E-state index contributed by atoms with van der Waals surface area (Å²) in [5, 5.41) is 5.32. The Hall–Kier alpha value is -1.58. The zero-order chi connectivity index (χ0) is 14.8. The highest BCUT2D eigenvalue weighted by Crippen LogP contribution is 2.25. The maximum atomic E-state index is 6.02. The van der Waals surface area contributed by atoms with Gasteiger partial charge in [0, 0.05) is 22.1 Å². The normalized spacial score (nSPS) is 10.8. The van der Waals surface area contributed by atoms with E-state index in [4.69, 9.17) is 11.6 Å². The van der Waals surface area contributed by atoms with Gasteiger partial charge in [0.2, 0.25) is 0 Å². The van der Waals surface area contributed by atoms with E-state index < -0.39 is 0 Å². The summed E-state index contributed by atoms with van der Waals surface area (Å²) >= 11 is 9.47. The zero-order valence-corrected chi connectivity index (χ0v) is 13.9. The quantitative estimate of drug-likeness (QED) is 0.659. The molecule has 2 nitrogen and oxygen atoms in total. The van der Waals surface area contributed by atoms with E-state index in [1.165, 1.54) is 0 Å². The van der Waals surface area contributed by atoms with Gasteiger partial charge < -0.3 is 5.32 Å². The number of nitrogens with zero attached hydrogens (tertiary/aromatic N) is 1. The lowest BCUT2D eigenvalue weighted by molar-refractivity contribution is 1.14. The van der Waals surface area contributed by atoms with Gasteiger partial charge in [0.05, 0.1) is 16.2 Å². The molecule has 21 heavy (non-hydrogen) atoms. The maximum Gasteiger partial charge on any atom is 0.0936 e. The molecular weight excluding hydrogens is 348 g/mol. The van der Waals surface area contributed by atoms with E-state index in [1.54, 1.807) is 0 Å². The Bertz CT molecular complexity index is 802. The first kappa shape index (κ1) is 14.4. The minimum Gasteiger partial charge on any atom is -0.379 e. The van der Waals surface area contributed by atoms with Crippen LogP contribution < -0.4 is 5.32 Å². The number of para-hydroxylation sites is 1. The van der Waals surface area contributed by atoms with Gasteiger partial charge in [-0.2, -0.15) is 0 Å². The molecule has 0 aliphatic rings. The molecule has 3 aromatic rings. The fourth-order valence-corrected chi connectivity index (χ4v) is 2.78. The van der Waals surface area contributed by atoms with Crippen LogP contribution in [0.4, 0.5) is 5.69 Å². The number of halogens is 2. The van der Waals surface area contributed by atoms with Crippen LogP contribution in [0.15, 0.2) is 53.0 Å². The molecule has 4 heteroatoms. The fraction of sp³-hybridized carbons (Fsp3) is 0.118. The lowest BCUT2D eigenvalue weighted by Gasteiger charge is -2.10. The van der Waals surface area contributed by atoms with Crippen molar-refractivity contribution < 1.29 is 0 Å². The minimum atomic E-state index is 0.723. The lowest BCUT2D eigenvalue weighted by Crippen LogP contribution is -2.01. The highest BCUT2D eigenvalue weighted by Gasteiger charge is 2.04. The standard InChI is InChI=1S/C17H14BrClN2/c1-11-5-7-13-3-2-4-16(17(13)21-11)20-10-12-6-8-15(19)14(18)9-12/h2-9,20H,10H2,1H3. The average Bonchev–Trinajstić information content (AvgIpc) is 2.48. The summed E-state index contributed by atoms with van der Waals surface area (Å²) < 4.78 is 0.912. The summed E-state index contributed by atoms with van der Waals surface area (Å²) in [5.41, 5.74) is 4.23. The second-order valence-electron chi connectivity index (χ2n) is 4.93. The fourth-order valence-electron chi connectivity index (χ4n) is 2.23. The van der Waals surface area contributed by atoms with Crippen molar-refractivity contribution in [3.05, 3.63) is 69.3 Å². The maximum absolute atomic E-state index is 6.02. The lowest BCUT2D eigenvalue weighted by atomic mass is 10.1. The monoisotopic (exact) mass is 360 g/mol. The van der Waals surface area contributed by atoms with Crippen molar-refractivity contribution in [2.24, 2.45) is 0 Å². The van der Waals surface area contributed by atoms with Crippen LogP contribution in [-0.2, 0) is 6.54 Å². The van der Waals surface area contributed by atoms with Gasteiger partial charge in [-0.1, -0.05) is 35.9 Å². The van der Waals surface area contributed by atoms with E-state index >= 15 is 0 Å². The molecule has 0 saturated heterocycles. The van der Waals surface area contributed by atoms with Gasteiger partial charge in [0.25, 0.3) is 0 Å². The van der Waals surface area contributed by atoms with Crippen LogP contribution in [0.3, 0.4) is 0 Å². The summed E-state index contributed by atoms with van der Waals surface area (Å²) in [7, 11) is 0. The molecule has 1 heterocycles. The van der Waals surface area contributed by atoms with E-state index in [0.29, 0.717) is 0 Å². The molecule has 0 spiro atoms. The Morgan fingerprint density at radius 3 is 2.81 bits per heavy atom. The third-order valence-corrected chi connectivity index (χ3v) is 4.54. The summed E-state index contributed by atoms with van der Waals surface area (Å²) in [5.74, 6) is 0. The summed E-state index contributed by atoms with van der Waals surface area (Å²) in [4.78, 5) is 4.63. The van der Waals surface area contributed by atoms with E-state index in [-0.39, 0.29) is 0 Å². The Morgan fingerprint density at radius 2 is 2.00 bits per heavy atom. The van der Waals surface area contributed by atoms with Crippen LogP contribution in [0.1, 0.15) is 11.3 Å². The minimum absolute atomic E-state index is 0.723. The predicted molar refractivity (Wildman–Crippen MR) is 93.0 cm³/mol. The number of hydrogen-bond acceptors (Lipinski definition) is 2. The number of aromatic nitrogens is 1. The Morgan fingerprint density at radius 1 is 1.14 bits per heavy atom. The number of hydrogen-bond donors (Lipinski definition) is 1. The van der Waals surface area contributed by atoms with Crippen LogP contribution in [-0.4, -0.2) is 4.98 Å². The summed E-state index contributed by atoms with van der Waals surface area (Å²) in [6.07, 6.45) is 0. The molecule has 0 atom stereocenters. The molecular formula is C17H14BrClN2. The molecule has 0 aliphatic heterocycles. The molecule has 0 fully saturated rings. The van der Waals surface area contributed by atoms with Gasteiger partial charge in [0.1, 0.15) is 0 Å². The van der Waals surface area contributed by atoms with Gasteiger partial charge >= 0.3 is 0 Å². The first-order valence-corrected chi connectivity index (χ1v) is 7.85. The zero-order valence-electron chi connectivity index (χ0n) is 11.5. The van der Waals surface area contributed by atoms with Crippen molar-refractivity contribution in [3.8, 4) is 0 Å². The number of nitrogens with one attached hydrogen (secondary N) is 1. The van der Waals surface area contributed by atoms with Crippen LogP contribution >= 0.6 is 27.5 Å². The Kier molecular flexibility index (Phi) is 4.13. The van der Waals surface area contributed by atoms with Crippen LogP contribution in [0.5, 0.6) is 0 Å². The highest BCUT2D eigenvalue weighted by atomic mass is 79.9. The number of rotatable bonds is 3. The molecule has 106 valence electrons. The summed E-state index contributed by atoms with van der Waals surface area (Å²) in [6, 6.07) is 16.2. The second-order valence-corrected chi connectivity index (χ2v) is 6.19. The molecule has 0 radical (unpaired) electrons. The number of benzene rings is 2. The topological polar surface area (TPSA) is 24.9 Å². The van der Waals surface area contributed by atoms with E-state index in [2.05, 4.69) is 44.4 Å². The van der Waals surface area contributed by atoms with Gasteiger partial charge in [-0.3, -0.25) is 4.98 Å². The molecule has 0 saturated carbocycles. The molecule has 0 bridgehead atoms. The van der Waals surface area contributed by atoms with E-state index in [0.717, 1.165) is 43.9 Å². The number of aryl methyl sites for hydroxylation is 1. The largest absolute Gasteiger partial charge is 0.379 e. The van der Waals surface area contributed by atoms with Crippen LogP contribution in [0.25, 0.3) is 10.9 Å². The second kappa shape index (κ2) is 6.04. The Balaban J connectivity index is 1.88. The van der Waals surface area contributed by atoms with Crippen LogP contribution in [0.2, 0.25) is 5.02 Å². The first-order chi connectivity index (χ1) is 10.1. The summed E-state index contributed by atoms with van der Waals surface area (Å²) in [6.45, 7) is 2.73. The van der Waals surface area contributed by atoms with Crippen molar-refractivity contribution in [1.82, 2.24) is 4.98 Å². The highest BCUT2D eigenvalue weighted by molar-refractivity contribution is 9.10. The first-order valence-electron chi connectivity index (χ1n) is 6.68. The molecule has 3 rings (SSSR count). The third-order valence-electron chi connectivity index (χ3n) is 3.33. The van der Waals surface area contributed by atoms with Crippen molar-refractivity contribution >= 4 is 44.1 Å². The van der Waals surface area contributed by atoms with E-state index in [9.17, 15) is 0 Å². The van der Waals surface area contributed by atoms with Gasteiger partial charge in [-0.15, -0.1) is 0 Å². The van der Waals surface area contributed by atoms with Crippen molar-refractivity contribution in [2.75, 3.05) is 5.32 Å². The average molecular weight is 362 g/mol. The molecule has 0 aliphatic carbocycles. The van der Waals surface area contributed by atoms with Gasteiger partial charge in [0.15, 0.2) is 0 Å². The third kappa shape index (κ3) is 3.20. The molecule has 1 aromatic heterocycles. The SMILES string of the molecule is Cc1ccc2cccc(NCc3ccc(Cl)c(Br)c3)c2n1. The van der Waals surface area contributed by atoms with Crippen LogP contribution in [0, 0.1) is 6.92 Å². The molecule has 0 amide bonds. The van der Waals surface area contributed by atoms with Gasteiger partial charge in [-0.05, 0) is 52.7 Å². The number of pyridine rings is 1. The van der Waals surface area contributed by atoms with Crippen molar-refractivity contribution in [1.29, 1.82) is 0 Å². The predicted octanol–water partition coefficient (Wildman–Crippen LogP) is 5.57.